The first-order chi connectivity index (χ1) is 5.79. The Bertz CT molecular complexity index is 199. The smallest absolute Gasteiger partial charge is 0.313 e. The van der Waals surface area contributed by atoms with Gasteiger partial charge in [-0.05, 0) is 17.0 Å². The van der Waals surface area contributed by atoms with Crippen LogP contribution in [0.1, 0.15) is 26.2 Å². The molecule has 0 aromatic carbocycles. The molecular weight excluding hydrogens is 220 g/mol. The molecule has 0 aromatic rings. The molecule has 1 unspecified atom stereocenters. The largest absolute Gasteiger partial charge is 0.461 e. The van der Waals surface area contributed by atoms with E-state index in [1.54, 1.807) is 0 Å². The van der Waals surface area contributed by atoms with E-state index in [2.05, 4.69) is 22.9 Å². The van der Waals surface area contributed by atoms with E-state index in [0.717, 1.165) is 24.8 Å². The normalized spacial score (nSPS) is 26.3. The molecule has 68 valence electrons. The van der Waals surface area contributed by atoms with Crippen molar-refractivity contribution in [3.63, 3.8) is 0 Å². The van der Waals surface area contributed by atoms with Crippen LogP contribution in [0.15, 0.2) is 10.6 Å². The number of ether oxygens (including phenoxy) is 1. The third-order valence-electron chi connectivity index (χ3n) is 2.10. The van der Waals surface area contributed by atoms with E-state index in [0.29, 0.717) is 6.61 Å². The van der Waals surface area contributed by atoms with Gasteiger partial charge in [0.2, 0.25) is 0 Å². The second-order valence-electron chi connectivity index (χ2n) is 2.99. The molecule has 0 aromatic heterocycles. The Hall–Kier alpha value is -0.310. The summed E-state index contributed by atoms with van der Waals surface area (Å²) in [5.41, 5.74) is 1.08. The van der Waals surface area contributed by atoms with Gasteiger partial charge in [-0.1, -0.05) is 35.7 Å². The predicted octanol–water partition coefficient (Wildman–Crippen LogP) is 2.63. The van der Waals surface area contributed by atoms with E-state index in [1.165, 1.54) is 0 Å². The van der Waals surface area contributed by atoms with Crippen LogP contribution in [0.25, 0.3) is 0 Å². The van der Waals surface area contributed by atoms with Gasteiger partial charge < -0.3 is 4.74 Å². The average molecular weight is 233 g/mol. The molecule has 0 N–H and O–H groups in total. The van der Waals surface area contributed by atoms with Gasteiger partial charge in [0.15, 0.2) is 0 Å². The molecular formula is C9H13BrO2. The molecule has 1 saturated heterocycles. The zero-order valence-corrected chi connectivity index (χ0v) is 8.76. The maximum atomic E-state index is 11.2. The third kappa shape index (κ3) is 2.09. The number of carbonyl (C=O) groups is 1. The van der Waals surface area contributed by atoms with Crippen molar-refractivity contribution in [3.8, 4) is 0 Å². The van der Waals surface area contributed by atoms with Crippen LogP contribution in [-0.4, -0.2) is 12.6 Å². The van der Waals surface area contributed by atoms with Crippen molar-refractivity contribution in [1.29, 1.82) is 0 Å². The Balaban J connectivity index is 2.52. The minimum Gasteiger partial charge on any atom is -0.461 e. The number of carbonyl (C=O) groups excluding carboxylic acids is 1. The highest BCUT2D eigenvalue weighted by Gasteiger charge is 2.30. The lowest BCUT2D eigenvalue weighted by Gasteiger charge is -2.04. The van der Waals surface area contributed by atoms with Crippen molar-refractivity contribution in [2.75, 3.05) is 6.61 Å². The maximum Gasteiger partial charge on any atom is 0.313 e. The SMILES string of the molecule is CCCCC1C(=O)OCC1=CBr. The van der Waals surface area contributed by atoms with Crippen LogP contribution in [-0.2, 0) is 9.53 Å². The van der Waals surface area contributed by atoms with Gasteiger partial charge in [-0.15, -0.1) is 0 Å². The fourth-order valence-electron chi connectivity index (χ4n) is 1.33. The molecule has 3 heteroatoms. The molecule has 1 aliphatic rings. The maximum absolute atomic E-state index is 11.2. The van der Waals surface area contributed by atoms with E-state index in [4.69, 9.17) is 4.74 Å². The van der Waals surface area contributed by atoms with E-state index >= 15 is 0 Å². The summed E-state index contributed by atoms with van der Waals surface area (Å²) in [6.45, 7) is 2.59. The van der Waals surface area contributed by atoms with Crippen LogP contribution in [0.4, 0.5) is 0 Å². The Morgan fingerprint density at radius 3 is 3.08 bits per heavy atom. The Morgan fingerprint density at radius 2 is 2.50 bits per heavy atom. The van der Waals surface area contributed by atoms with Crippen molar-refractivity contribution < 1.29 is 9.53 Å². The lowest BCUT2D eigenvalue weighted by Crippen LogP contribution is -2.08. The summed E-state index contributed by atoms with van der Waals surface area (Å²) in [7, 11) is 0. The predicted molar refractivity (Wildman–Crippen MR) is 51.0 cm³/mol. The number of hydrogen-bond donors (Lipinski definition) is 0. The molecule has 0 amide bonds. The van der Waals surface area contributed by atoms with Gasteiger partial charge in [-0.3, -0.25) is 4.79 Å². The number of cyclic esters (lactones) is 1. The fourth-order valence-corrected chi connectivity index (χ4v) is 1.78. The summed E-state index contributed by atoms with van der Waals surface area (Å²) in [6, 6.07) is 0. The first-order valence-corrected chi connectivity index (χ1v) is 5.17. The summed E-state index contributed by atoms with van der Waals surface area (Å²) in [6.07, 6.45) is 3.14. The van der Waals surface area contributed by atoms with Gasteiger partial charge in [0, 0.05) is 0 Å². The highest BCUT2D eigenvalue weighted by atomic mass is 79.9. The molecule has 1 heterocycles. The van der Waals surface area contributed by atoms with Gasteiger partial charge in [0.1, 0.15) is 6.61 Å². The summed E-state index contributed by atoms with van der Waals surface area (Å²) in [4.78, 5) is 13.0. The highest BCUT2D eigenvalue weighted by molar-refractivity contribution is 9.11. The molecule has 12 heavy (non-hydrogen) atoms. The lowest BCUT2D eigenvalue weighted by atomic mass is 9.97. The number of esters is 1. The first-order valence-electron chi connectivity index (χ1n) is 4.25. The molecule has 1 aliphatic heterocycles. The molecule has 2 nitrogen and oxygen atoms in total. The fraction of sp³-hybridized carbons (Fsp3) is 0.667. The van der Waals surface area contributed by atoms with Crippen molar-refractivity contribution in [2.24, 2.45) is 5.92 Å². The second-order valence-corrected chi connectivity index (χ2v) is 3.44. The van der Waals surface area contributed by atoms with Crippen molar-refractivity contribution in [2.45, 2.75) is 26.2 Å². The molecule has 0 spiro atoms. The van der Waals surface area contributed by atoms with E-state index in [1.807, 2.05) is 4.99 Å². The van der Waals surface area contributed by atoms with Crippen LogP contribution in [0.3, 0.4) is 0 Å². The number of hydrogen-bond acceptors (Lipinski definition) is 2. The topological polar surface area (TPSA) is 26.3 Å². The van der Waals surface area contributed by atoms with Gasteiger partial charge in [-0.2, -0.15) is 0 Å². The Morgan fingerprint density at radius 1 is 1.75 bits per heavy atom. The quantitative estimate of drug-likeness (QED) is 0.700. The van der Waals surface area contributed by atoms with Crippen LogP contribution in [0.5, 0.6) is 0 Å². The van der Waals surface area contributed by atoms with Gasteiger partial charge in [0.25, 0.3) is 0 Å². The number of unbranched alkanes of at least 4 members (excludes halogenated alkanes) is 1. The van der Waals surface area contributed by atoms with Crippen molar-refractivity contribution in [1.82, 2.24) is 0 Å². The minimum atomic E-state index is -0.0610. The minimum absolute atomic E-state index is 0.0179. The van der Waals surface area contributed by atoms with Crippen LogP contribution in [0.2, 0.25) is 0 Å². The number of rotatable bonds is 3. The molecule has 0 radical (unpaired) electrons. The molecule has 0 saturated carbocycles. The molecule has 1 fully saturated rings. The summed E-state index contributed by atoms with van der Waals surface area (Å²) in [5.74, 6) is -0.0431. The summed E-state index contributed by atoms with van der Waals surface area (Å²) in [5, 5.41) is 0. The van der Waals surface area contributed by atoms with Gasteiger partial charge in [-0.25, -0.2) is 0 Å². The van der Waals surface area contributed by atoms with Crippen LogP contribution < -0.4 is 0 Å². The zero-order valence-electron chi connectivity index (χ0n) is 7.18. The molecule has 1 rings (SSSR count). The second kappa shape index (κ2) is 4.65. The van der Waals surface area contributed by atoms with Gasteiger partial charge in [0.05, 0.1) is 5.92 Å². The van der Waals surface area contributed by atoms with E-state index < -0.39 is 0 Å². The van der Waals surface area contributed by atoms with Crippen LogP contribution >= 0.6 is 15.9 Å². The number of halogens is 1. The van der Waals surface area contributed by atoms with E-state index in [9.17, 15) is 4.79 Å². The monoisotopic (exact) mass is 232 g/mol. The molecule has 0 aliphatic carbocycles. The third-order valence-corrected chi connectivity index (χ3v) is 2.69. The first kappa shape index (κ1) is 9.78. The summed E-state index contributed by atoms with van der Waals surface area (Å²) >= 11 is 3.24. The average Bonchev–Trinajstić information content (AvgIpc) is 2.43. The zero-order chi connectivity index (χ0) is 8.97. The standard InChI is InChI=1S/C9H13BrO2/c1-2-3-4-8-7(5-10)6-12-9(8)11/h5,8H,2-4,6H2,1H3. The van der Waals surface area contributed by atoms with E-state index in [-0.39, 0.29) is 11.9 Å². The lowest BCUT2D eigenvalue weighted by molar-refractivity contribution is -0.141. The Kier molecular flexibility index (Phi) is 3.79. The molecule has 0 bridgehead atoms. The van der Waals surface area contributed by atoms with Gasteiger partial charge >= 0.3 is 5.97 Å². The Labute approximate surface area is 81.1 Å². The van der Waals surface area contributed by atoms with Crippen molar-refractivity contribution in [3.05, 3.63) is 10.6 Å². The summed E-state index contributed by atoms with van der Waals surface area (Å²) < 4.78 is 4.93. The highest BCUT2D eigenvalue weighted by Crippen LogP contribution is 2.26. The molecule has 1 atom stereocenters. The van der Waals surface area contributed by atoms with Crippen LogP contribution in [0, 0.1) is 5.92 Å². The van der Waals surface area contributed by atoms with Crippen molar-refractivity contribution >= 4 is 21.9 Å².